The molecule has 1 fully saturated rings. The zero-order chi connectivity index (χ0) is 39.8. The molecule has 3 aromatic rings. The van der Waals surface area contributed by atoms with Gasteiger partial charge >= 0.3 is 47.9 Å². The summed E-state index contributed by atoms with van der Waals surface area (Å²) in [6, 6.07) is 3.64. The van der Waals surface area contributed by atoms with Gasteiger partial charge in [-0.1, -0.05) is 17.7 Å². The van der Waals surface area contributed by atoms with E-state index in [1.54, 1.807) is 0 Å². The zero-order valence-corrected chi connectivity index (χ0v) is 25.6. The largest absolute Gasteiger partial charge is 0.469 e. The highest BCUT2D eigenvalue weighted by atomic mass is 35.5. The summed E-state index contributed by atoms with van der Waals surface area (Å²) in [5, 5.41) is 9.25. The first kappa shape index (κ1) is 40.7. The van der Waals surface area contributed by atoms with Gasteiger partial charge < -0.3 is 10.1 Å². The monoisotopic (exact) mass is 807 g/mol. The summed E-state index contributed by atoms with van der Waals surface area (Å²) in [6.45, 7) is -3.55. The van der Waals surface area contributed by atoms with Crippen molar-refractivity contribution >= 4 is 17.5 Å². The van der Waals surface area contributed by atoms with Gasteiger partial charge in [-0.05, 0) is 30.5 Å². The summed E-state index contributed by atoms with van der Waals surface area (Å²) in [7, 11) is 0.645. The van der Waals surface area contributed by atoms with Crippen LogP contribution in [-0.4, -0.2) is 79.8 Å². The smallest absolute Gasteiger partial charge is 0.460 e. The van der Waals surface area contributed by atoms with Crippen LogP contribution in [0, 0.1) is 0 Å². The van der Waals surface area contributed by atoms with Crippen LogP contribution in [0.25, 0.3) is 16.9 Å². The van der Waals surface area contributed by atoms with Crippen molar-refractivity contribution in [3.63, 3.8) is 0 Å². The Morgan fingerprint density at radius 3 is 1.88 bits per heavy atom. The van der Waals surface area contributed by atoms with Gasteiger partial charge in [-0.2, -0.15) is 84.1 Å². The first-order valence-corrected chi connectivity index (χ1v) is 14.0. The molecule has 0 radical (unpaired) electrons. The Morgan fingerprint density at radius 1 is 0.827 bits per heavy atom. The number of halogens is 19. The minimum atomic E-state index is -8.59. The quantitative estimate of drug-likeness (QED) is 0.186. The first-order valence-electron chi connectivity index (χ1n) is 13.6. The van der Waals surface area contributed by atoms with Gasteiger partial charge in [0.15, 0.2) is 18.0 Å². The Hall–Kier alpha value is -4.06. The van der Waals surface area contributed by atoms with Crippen molar-refractivity contribution in [3.8, 4) is 22.8 Å². The molecule has 290 valence electrons. The third-order valence-corrected chi connectivity index (χ3v) is 7.64. The van der Waals surface area contributed by atoms with E-state index in [-0.39, 0.29) is 32.4 Å². The molecule has 0 aliphatic heterocycles. The predicted molar refractivity (Wildman–Crippen MR) is 137 cm³/mol. The second-order valence-corrected chi connectivity index (χ2v) is 11.5. The van der Waals surface area contributed by atoms with Crippen molar-refractivity contribution in [2.45, 2.75) is 66.8 Å². The van der Waals surface area contributed by atoms with Gasteiger partial charge in [0.05, 0.1) is 16.8 Å². The van der Waals surface area contributed by atoms with Crippen molar-refractivity contribution < 1.29 is 88.6 Å². The Morgan fingerprint density at radius 2 is 1.37 bits per heavy atom. The summed E-state index contributed by atoms with van der Waals surface area (Å²) in [5.74, 6) is -52.8. The van der Waals surface area contributed by atoms with Gasteiger partial charge in [0.1, 0.15) is 0 Å². The number of aromatic nitrogens is 4. The highest BCUT2D eigenvalue weighted by molar-refractivity contribution is 6.34. The normalized spacial score (nSPS) is 15.6. The summed E-state index contributed by atoms with van der Waals surface area (Å²) in [6.07, 6.45) is -10.5. The molecule has 2 heterocycles. The van der Waals surface area contributed by atoms with Gasteiger partial charge in [0, 0.05) is 24.8 Å². The van der Waals surface area contributed by atoms with Gasteiger partial charge in [0.25, 0.3) is 5.91 Å². The third-order valence-electron chi connectivity index (χ3n) is 7.31. The molecule has 1 N–H and O–H groups in total. The number of nitrogens with zero attached hydrogens (tertiary/aromatic N) is 4. The molecule has 1 aliphatic rings. The molecule has 1 aliphatic carbocycles. The van der Waals surface area contributed by atoms with E-state index in [0.29, 0.717) is 24.6 Å². The van der Waals surface area contributed by atoms with Crippen LogP contribution >= 0.6 is 11.6 Å². The van der Waals surface area contributed by atoms with Gasteiger partial charge in [-0.25, -0.2) is 9.36 Å². The van der Waals surface area contributed by atoms with E-state index in [9.17, 15) is 83.8 Å². The number of ether oxygens (including phenoxy) is 1. The lowest BCUT2D eigenvalue weighted by Crippen LogP contribution is -2.73. The van der Waals surface area contributed by atoms with E-state index in [4.69, 9.17) is 11.6 Å². The number of rotatable bonds is 12. The number of hydrogen-bond acceptors (Lipinski definition) is 4. The summed E-state index contributed by atoms with van der Waals surface area (Å²) < 4.78 is 249. The molecule has 0 atom stereocenters. The van der Waals surface area contributed by atoms with Gasteiger partial charge in [-0.3, -0.25) is 4.79 Å². The van der Waals surface area contributed by atoms with Crippen molar-refractivity contribution in [1.82, 2.24) is 24.9 Å². The van der Waals surface area contributed by atoms with Crippen LogP contribution in [-0.2, 0) is 13.2 Å². The molecule has 26 heteroatoms. The van der Waals surface area contributed by atoms with Crippen LogP contribution in [0.3, 0.4) is 0 Å². The number of carbonyl (C=O) groups is 1. The van der Waals surface area contributed by atoms with Crippen molar-refractivity contribution in [2.75, 3.05) is 6.61 Å². The third kappa shape index (κ3) is 6.56. The maximum atomic E-state index is 14.4. The van der Waals surface area contributed by atoms with Gasteiger partial charge in [-0.15, -0.1) is 5.10 Å². The van der Waals surface area contributed by atoms with E-state index >= 15 is 0 Å². The van der Waals surface area contributed by atoms with Gasteiger partial charge in [0.2, 0.25) is 5.88 Å². The lowest BCUT2D eigenvalue weighted by Gasteiger charge is -2.41. The summed E-state index contributed by atoms with van der Waals surface area (Å²) >= 11 is 6.05. The van der Waals surface area contributed by atoms with E-state index in [1.807, 2.05) is 0 Å². The van der Waals surface area contributed by atoms with Crippen molar-refractivity contribution in [1.29, 1.82) is 0 Å². The maximum absolute atomic E-state index is 14.4. The molecule has 4 rings (SSSR count). The number of alkyl halides is 18. The van der Waals surface area contributed by atoms with E-state index in [0.717, 1.165) is 12.4 Å². The van der Waals surface area contributed by atoms with Crippen molar-refractivity contribution in [2.24, 2.45) is 7.05 Å². The number of aryl methyl sites for hydroxylation is 1. The fourth-order valence-corrected chi connectivity index (χ4v) is 4.51. The number of carbonyl (C=O) groups excluding carboxylic acids is 1. The number of nitrogens with one attached hydrogen (secondary N) is 1. The second kappa shape index (κ2) is 12.5. The molecular weight excluding hydrogens is 792 g/mol. The fraction of sp³-hybridized carbons (Fsp3) is 0.500. The standard InChI is InChI=1S/C26H16ClF18N5O2/c1-49-18(50-8-11(7-46-50)10-2-5-14(27)13(6-10)16(51)47-12-3-4-12)15(20(30,31)32)17(48-49)52-9-19(28,29)21(33,34)22(35,36)23(37,38)24(39,40)25(41,42)26(43,44)45/h2,5-8,12H,3-4,9H2,1H3,(H,47,51). The van der Waals surface area contributed by atoms with Crippen LogP contribution in [0.15, 0.2) is 30.6 Å². The van der Waals surface area contributed by atoms with Crippen LogP contribution in [0.4, 0.5) is 79.0 Å². The molecule has 1 saturated carbocycles. The molecule has 0 bridgehead atoms. The SMILES string of the molecule is Cn1nc(OCC(F)(F)C(F)(F)C(F)(F)C(F)(F)C(F)(F)C(F)(F)C(F)(F)F)c(C(F)(F)F)c1-n1cc(-c2ccc(Cl)c(C(=O)NC3CC3)c2)cn1. The van der Waals surface area contributed by atoms with Crippen molar-refractivity contribution in [3.05, 3.63) is 46.7 Å². The molecule has 52 heavy (non-hydrogen) atoms. The minimum Gasteiger partial charge on any atom is -0.469 e. The van der Waals surface area contributed by atoms with E-state index < -0.39 is 77.7 Å². The Kier molecular flexibility index (Phi) is 9.80. The van der Waals surface area contributed by atoms with Crippen LogP contribution < -0.4 is 10.1 Å². The molecule has 2 aromatic heterocycles. The summed E-state index contributed by atoms with van der Waals surface area (Å²) in [5.41, 5.74) is -2.26. The molecular formula is C26H16ClF18N5O2. The molecule has 0 saturated heterocycles. The lowest BCUT2D eigenvalue weighted by atomic mass is 9.91. The average molecular weight is 808 g/mol. The molecule has 1 aromatic carbocycles. The predicted octanol–water partition coefficient (Wildman–Crippen LogP) is 8.59. The van der Waals surface area contributed by atoms with Crippen LogP contribution in [0.5, 0.6) is 5.88 Å². The van der Waals surface area contributed by atoms with Crippen LogP contribution in [0.2, 0.25) is 5.02 Å². The number of hydrogen-bond donors (Lipinski definition) is 1. The minimum absolute atomic E-state index is 0.0288. The Bertz CT molecular complexity index is 1830. The molecule has 0 spiro atoms. The molecule has 7 nitrogen and oxygen atoms in total. The first-order chi connectivity index (χ1) is 23.3. The molecule has 0 unspecified atom stereocenters. The number of benzene rings is 1. The second-order valence-electron chi connectivity index (χ2n) is 11.1. The van der Waals surface area contributed by atoms with E-state index in [2.05, 4.69) is 20.3 Å². The van der Waals surface area contributed by atoms with Crippen LogP contribution in [0.1, 0.15) is 28.8 Å². The average Bonchev–Trinajstić information content (AvgIpc) is 3.55. The highest BCUT2D eigenvalue weighted by Gasteiger charge is 2.93. The topological polar surface area (TPSA) is 74.0 Å². The zero-order valence-electron chi connectivity index (χ0n) is 24.9. The fourth-order valence-electron chi connectivity index (χ4n) is 4.31. The Labute approximate surface area is 281 Å². The highest BCUT2D eigenvalue weighted by Crippen LogP contribution is 2.62. The lowest BCUT2D eigenvalue weighted by molar-refractivity contribution is -0.453. The number of amides is 1. The molecule has 1 amide bonds. The summed E-state index contributed by atoms with van der Waals surface area (Å²) in [4.78, 5) is 12.5. The Balaban J connectivity index is 1.67. The maximum Gasteiger partial charge on any atom is 0.460 e. The van der Waals surface area contributed by atoms with E-state index in [1.165, 1.54) is 18.2 Å².